The van der Waals surface area contributed by atoms with Crippen molar-refractivity contribution in [3.63, 3.8) is 0 Å². The van der Waals surface area contributed by atoms with Gasteiger partial charge in [0.05, 0.1) is 11.7 Å². The van der Waals surface area contributed by atoms with Crippen LogP contribution in [0.3, 0.4) is 0 Å². The summed E-state index contributed by atoms with van der Waals surface area (Å²) in [5, 5.41) is 0. The first kappa shape index (κ1) is 13.2. The van der Waals surface area contributed by atoms with Gasteiger partial charge in [0.15, 0.2) is 0 Å². The lowest BCUT2D eigenvalue weighted by Gasteiger charge is -2.35. The van der Waals surface area contributed by atoms with Crippen LogP contribution in [0, 0.1) is 0 Å². The van der Waals surface area contributed by atoms with Crippen molar-refractivity contribution in [1.29, 1.82) is 0 Å². The molecule has 0 radical (unpaired) electrons. The van der Waals surface area contributed by atoms with Crippen LogP contribution in [-0.2, 0) is 0 Å². The van der Waals surface area contributed by atoms with E-state index in [2.05, 4.69) is 4.98 Å². The molecule has 2 aromatic rings. The summed E-state index contributed by atoms with van der Waals surface area (Å²) in [4.78, 5) is 4.34. The Morgan fingerprint density at radius 2 is 1.80 bits per heavy atom. The average molecular weight is 274 g/mol. The first-order chi connectivity index (χ1) is 9.55. The van der Waals surface area contributed by atoms with Gasteiger partial charge in [-0.1, -0.05) is 36.4 Å². The number of hydrogen-bond donors (Lipinski definition) is 1. The molecular weight excluding hydrogens is 258 g/mol. The fourth-order valence-electron chi connectivity index (χ4n) is 2.57. The maximum atomic E-state index is 12.9. The minimum absolute atomic E-state index is 0.0699. The smallest absolute Gasteiger partial charge is 0.249 e. The molecule has 1 fully saturated rings. The molecule has 1 heterocycles. The molecule has 0 unspecified atom stereocenters. The molecule has 1 aliphatic carbocycles. The number of aromatic nitrogens is 1. The molecule has 20 heavy (non-hydrogen) atoms. The molecule has 0 bridgehead atoms. The van der Waals surface area contributed by atoms with Gasteiger partial charge in [-0.05, 0) is 23.1 Å². The van der Waals surface area contributed by atoms with Gasteiger partial charge in [0.2, 0.25) is 5.92 Å². The van der Waals surface area contributed by atoms with E-state index in [1.165, 1.54) is 0 Å². The highest BCUT2D eigenvalue weighted by atomic mass is 19.3. The number of hydrogen-bond acceptors (Lipinski definition) is 2. The van der Waals surface area contributed by atoms with Gasteiger partial charge < -0.3 is 5.73 Å². The highest BCUT2D eigenvalue weighted by Crippen LogP contribution is 2.48. The molecule has 3 rings (SSSR count). The maximum Gasteiger partial charge on any atom is 0.249 e. The van der Waals surface area contributed by atoms with E-state index in [0.717, 1.165) is 16.8 Å². The second kappa shape index (κ2) is 4.94. The number of halogens is 2. The van der Waals surface area contributed by atoms with Gasteiger partial charge in [-0.2, -0.15) is 0 Å². The van der Waals surface area contributed by atoms with Crippen LogP contribution in [0.4, 0.5) is 8.78 Å². The van der Waals surface area contributed by atoms with E-state index in [1.54, 1.807) is 6.20 Å². The lowest BCUT2D eigenvalue weighted by Crippen LogP contribution is -2.33. The summed E-state index contributed by atoms with van der Waals surface area (Å²) in [7, 11) is 0. The Kier molecular flexibility index (Phi) is 3.26. The van der Waals surface area contributed by atoms with Crippen LogP contribution in [0.5, 0.6) is 0 Å². The number of nitrogens with zero attached hydrogens (tertiary/aromatic N) is 1. The van der Waals surface area contributed by atoms with Crippen LogP contribution in [0.15, 0.2) is 48.7 Å². The fraction of sp³-hybridized carbons (Fsp3) is 0.312. The van der Waals surface area contributed by atoms with Gasteiger partial charge in [0.25, 0.3) is 0 Å². The third kappa shape index (κ3) is 2.56. The monoisotopic (exact) mass is 274 g/mol. The van der Waals surface area contributed by atoms with Crippen molar-refractivity contribution in [3.05, 3.63) is 65.5 Å². The molecule has 4 heteroatoms. The molecule has 0 spiro atoms. The van der Waals surface area contributed by atoms with Crippen LogP contribution < -0.4 is 5.73 Å². The quantitative estimate of drug-likeness (QED) is 0.928. The zero-order valence-electron chi connectivity index (χ0n) is 11.0. The van der Waals surface area contributed by atoms with E-state index in [1.807, 2.05) is 42.5 Å². The predicted octanol–water partition coefficient (Wildman–Crippen LogP) is 3.64. The zero-order valence-corrected chi connectivity index (χ0v) is 11.0. The lowest BCUT2D eigenvalue weighted by atomic mass is 9.77. The zero-order chi connectivity index (χ0) is 14.2. The summed E-state index contributed by atoms with van der Waals surface area (Å²) < 4.78 is 25.7. The SMILES string of the molecule is N[C@@H](c1ccccc1)c1ccc(C2CC(F)(F)C2)cn1. The third-order valence-electron chi connectivity index (χ3n) is 3.85. The maximum absolute atomic E-state index is 12.9. The number of nitrogens with two attached hydrogens (primary N) is 1. The van der Waals surface area contributed by atoms with E-state index >= 15 is 0 Å². The Balaban J connectivity index is 1.74. The summed E-state index contributed by atoms with van der Waals surface area (Å²) in [5.41, 5.74) is 8.77. The van der Waals surface area contributed by atoms with Gasteiger partial charge in [-0.25, -0.2) is 8.78 Å². The molecule has 2 N–H and O–H groups in total. The van der Waals surface area contributed by atoms with E-state index in [-0.39, 0.29) is 24.8 Å². The fourth-order valence-corrected chi connectivity index (χ4v) is 2.57. The number of alkyl halides is 2. The Hall–Kier alpha value is -1.81. The molecule has 1 aromatic heterocycles. The Bertz CT molecular complexity index is 573. The van der Waals surface area contributed by atoms with Crippen molar-refractivity contribution in [2.45, 2.75) is 30.7 Å². The highest BCUT2D eigenvalue weighted by molar-refractivity contribution is 5.29. The molecular formula is C16H16F2N2. The van der Waals surface area contributed by atoms with Crippen LogP contribution in [0.1, 0.15) is 41.6 Å². The first-order valence-electron chi connectivity index (χ1n) is 6.69. The second-order valence-electron chi connectivity index (χ2n) is 5.37. The minimum Gasteiger partial charge on any atom is -0.319 e. The van der Waals surface area contributed by atoms with Gasteiger partial charge in [0.1, 0.15) is 0 Å². The first-order valence-corrected chi connectivity index (χ1v) is 6.69. The highest BCUT2D eigenvalue weighted by Gasteiger charge is 2.45. The normalized spacial score (nSPS) is 19.4. The van der Waals surface area contributed by atoms with Crippen molar-refractivity contribution >= 4 is 0 Å². The van der Waals surface area contributed by atoms with E-state index in [4.69, 9.17) is 5.73 Å². The summed E-state index contributed by atoms with van der Waals surface area (Å²) in [6, 6.07) is 13.1. The summed E-state index contributed by atoms with van der Waals surface area (Å²) in [5.74, 6) is -2.57. The topological polar surface area (TPSA) is 38.9 Å². The number of pyridine rings is 1. The molecule has 1 aliphatic rings. The standard InChI is InChI=1S/C16H16F2N2/c17-16(18)8-13(9-16)12-6-7-14(20-10-12)15(19)11-4-2-1-3-5-11/h1-7,10,13,15H,8-9,19H2/t15-/m0/s1. The summed E-state index contributed by atoms with van der Waals surface area (Å²) in [6.07, 6.45) is 1.54. The largest absolute Gasteiger partial charge is 0.319 e. The van der Waals surface area contributed by atoms with Crippen molar-refractivity contribution in [2.24, 2.45) is 5.73 Å². The van der Waals surface area contributed by atoms with Gasteiger partial charge in [-0.3, -0.25) is 4.98 Å². The number of benzene rings is 1. The van der Waals surface area contributed by atoms with Crippen molar-refractivity contribution in [2.75, 3.05) is 0 Å². The van der Waals surface area contributed by atoms with E-state index in [0.29, 0.717) is 0 Å². The lowest BCUT2D eigenvalue weighted by molar-refractivity contribution is -0.0868. The predicted molar refractivity (Wildman–Crippen MR) is 73.6 cm³/mol. The summed E-state index contributed by atoms with van der Waals surface area (Å²) >= 11 is 0. The second-order valence-corrected chi connectivity index (χ2v) is 5.37. The van der Waals surface area contributed by atoms with Crippen molar-refractivity contribution in [1.82, 2.24) is 4.98 Å². The van der Waals surface area contributed by atoms with Gasteiger partial charge in [0, 0.05) is 19.0 Å². The van der Waals surface area contributed by atoms with Crippen LogP contribution in [-0.4, -0.2) is 10.9 Å². The van der Waals surface area contributed by atoms with E-state index in [9.17, 15) is 8.78 Å². The summed E-state index contributed by atoms with van der Waals surface area (Å²) in [6.45, 7) is 0. The van der Waals surface area contributed by atoms with E-state index < -0.39 is 5.92 Å². The Morgan fingerprint density at radius 1 is 1.10 bits per heavy atom. The van der Waals surface area contributed by atoms with Crippen LogP contribution in [0.2, 0.25) is 0 Å². The Labute approximate surface area is 116 Å². The molecule has 2 nitrogen and oxygen atoms in total. The average Bonchev–Trinajstić information content (AvgIpc) is 2.45. The molecule has 0 aliphatic heterocycles. The van der Waals surface area contributed by atoms with Crippen LogP contribution >= 0.6 is 0 Å². The van der Waals surface area contributed by atoms with Crippen molar-refractivity contribution < 1.29 is 8.78 Å². The minimum atomic E-state index is -2.50. The third-order valence-corrected chi connectivity index (χ3v) is 3.85. The van der Waals surface area contributed by atoms with Crippen molar-refractivity contribution in [3.8, 4) is 0 Å². The molecule has 0 saturated heterocycles. The molecule has 1 saturated carbocycles. The van der Waals surface area contributed by atoms with Gasteiger partial charge in [-0.15, -0.1) is 0 Å². The van der Waals surface area contributed by atoms with Gasteiger partial charge >= 0.3 is 0 Å². The Morgan fingerprint density at radius 3 is 2.35 bits per heavy atom. The number of rotatable bonds is 3. The molecule has 1 atom stereocenters. The molecule has 0 amide bonds. The molecule has 104 valence electrons. The molecule has 1 aromatic carbocycles. The van der Waals surface area contributed by atoms with Crippen LogP contribution in [0.25, 0.3) is 0 Å².